The summed E-state index contributed by atoms with van der Waals surface area (Å²) in [7, 11) is -3.64. The summed E-state index contributed by atoms with van der Waals surface area (Å²) in [6, 6.07) is 5.69. The first-order valence-corrected chi connectivity index (χ1v) is 9.86. The zero-order valence-electron chi connectivity index (χ0n) is 14.3. The molecule has 0 aromatic heterocycles. The molecule has 2 heterocycles. The Kier molecular flexibility index (Phi) is 5.77. The molecule has 2 saturated heterocycles. The lowest BCUT2D eigenvalue weighted by molar-refractivity contribution is -0.163. The number of aliphatic carboxylic acids is 1. The molecule has 27 heavy (non-hydrogen) atoms. The number of nitrogens with one attached hydrogen (secondary N) is 1. The zero-order chi connectivity index (χ0) is 19.6. The summed E-state index contributed by atoms with van der Waals surface area (Å²) >= 11 is 0. The molecule has 3 N–H and O–H groups in total. The summed E-state index contributed by atoms with van der Waals surface area (Å²) < 4.78 is 35.5. The maximum Gasteiger partial charge on any atom is 0.335 e. The number of ether oxygens (including phenoxy) is 2. The minimum absolute atomic E-state index is 0.0458. The van der Waals surface area contributed by atoms with Crippen molar-refractivity contribution in [1.82, 2.24) is 5.32 Å². The van der Waals surface area contributed by atoms with Crippen LogP contribution < -0.4 is 10.2 Å². The summed E-state index contributed by atoms with van der Waals surface area (Å²) in [4.78, 5) is 24.7. The number of morpholine rings is 2. The van der Waals surface area contributed by atoms with Crippen LogP contribution in [-0.2, 0) is 28.9 Å². The van der Waals surface area contributed by atoms with Gasteiger partial charge in [-0.25, -0.2) is 13.2 Å². The molecule has 11 heteroatoms. The van der Waals surface area contributed by atoms with E-state index in [2.05, 4.69) is 5.32 Å². The zero-order valence-corrected chi connectivity index (χ0v) is 15.1. The van der Waals surface area contributed by atoms with Gasteiger partial charge in [0.2, 0.25) is 0 Å². The molecule has 0 aliphatic carbocycles. The number of anilines is 1. The lowest BCUT2D eigenvalue weighted by Gasteiger charge is -2.33. The standard InChI is InChI=1S/C16H20N2O8S/c19-13(16(21)22)14-15(20)18(6-8-26-14)10-1-3-11(4-2-10)27(23,24)12-9-25-7-5-17-12/h1-4,12-14,17,19H,5-9H2,(H,21,22)/t12?,13-,14-/m1/s1. The van der Waals surface area contributed by atoms with Gasteiger partial charge in [-0.3, -0.25) is 10.1 Å². The van der Waals surface area contributed by atoms with Crippen LogP contribution in [0.2, 0.25) is 0 Å². The van der Waals surface area contributed by atoms with Gasteiger partial charge >= 0.3 is 5.97 Å². The van der Waals surface area contributed by atoms with Crippen molar-refractivity contribution in [3.05, 3.63) is 24.3 Å². The van der Waals surface area contributed by atoms with Gasteiger partial charge in [0.15, 0.2) is 22.0 Å². The fourth-order valence-electron chi connectivity index (χ4n) is 2.94. The predicted molar refractivity (Wildman–Crippen MR) is 92.0 cm³/mol. The lowest BCUT2D eigenvalue weighted by Crippen LogP contribution is -2.54. The minimum atomic E-state index is -3.64. The van der Waals surface area contributed by atoms with Crippen molar-refractivity contribution < 1.29 is 37.7 Å². The first-order chi connectivity index (χ1) is 12.8. The number of carbonyl (C=O) groups excluding carboxylic acids is 1. The number of hydrogen-bond acceptors (Lipinski definition) is 8. The second-order valence-electron chi connectivity index (χ2n) is 6.12. The number of hydrogen-bond donors (Lipinski definition) is 3. The van der Waals surface area contributed by atoms with Crippen LogP contribution in [0.25, 0.3) is 0 Å². The Balaban J connectivity index is 1.78. The van der Waals surface area contributed by atoms with Crippen molar-refractivity contribution in [2.75, 3.05) is 37.8 Å². The summed E-state index contributed by atoms with van der Waals surface area (Å²) in [6.45, 7) is 1.15. The Morgan fingerprint density at radius 2 is 1.96 bits per heavy atom. The number of benzene rings is 1. The first-order valence-electron chi connectivity index (χ1n) is 8.31. The van der Waals surface area contributed by atoms with Crippen molar-refractivity contribution in [2.24, 2.45) is 0 Å². The molecule has 2 fully saturated rings. The maximum absolute atomic E-state index is 12.6. The third kappa shape index (κ3) is 3.96. The number of rotatable bonds is 5. The Hall–Kier alpha value is -2.05. The van der Waals surface area contributed by atoms with E-state index in [9.17, 15) is 23.1 Å². The minimum Gasteiger partial charge on any atom is -0.479 e. The molecular weight excluding hydrogens is 380 g/mol. The first kappa shape index (κ1) is 19.7. The summed E-state index contributed by atoms with van der Waals surface area (Å²) in [5.41, 5.74) is 0.387. The predicted octanol–water partition coefficient (Wildman–Crippen LogP) is -1.42. The Labute approximate surface area is 155 Å². The van der Waals surface area contributed by atoms with Gasteiger partial charge in [0.1, 0.15) is 5.37 Å². The molecule has 0 radical (unpaired) electrons. The van der Waals surface area contributed by atoms with Gasteiger partial charge in [-0.05, 0) is 24.3 Å². The maximum atomic E-state index is 12.6. The van der Waals surface area contributed by atoms with E-state index in [1.54, 1.807) is 0 Å². The molecule has 2 aliphatic rings. The van der Waals surface area contributed by atoms with Gasteiger partial charge in [0, 0.05) is 18.8 Å². The molecule has 148 valence electrons. The van der Waals surface area contributed by atoms with Crippen LogP contribution in [0.1, 0.15) is 0 Å². The molecule has 10 nitrogen and oxygen atoms in total. The van der Waals surface area contributed by atoms with Crippen molar-refractivity contribution in [2.45, 2.75) is 22.5 Å². The number of amides is 1. The molecule has 1 aromatic rings. The SMILES string of the molecule is O=C(O)[C@H](O)[C@H]1OCCN(c2ccc(S(=O)(=O)C3COCCN3)cc2)C1=O. The topological polar surface area (TPSA) is 142 Å². The highest BCUT2D eigenvalue weighted by Crippen LogP contribution is 2.24. The number of carbonyl (C=O) groups is 2. The largest absolute Gasteiger partial charge is 0.479 e. The smallest absolute Gasteiger partial charge is 0.335 e. The Morgan fingerprint density at radius 3 is 2.56 bits per heavy atom. The van der Waals surface area contributed by atoms with Gasteiger partial charge in [-0.2, -0.15) is 0 Å². The number of nitrogens with zero attached hydrogens (tertiary/aromatic N) is 1. The second kappa shape index (κ2) is 7.90. The third-order valence-corrected chi connectivity index (χ3v) is 6.38. The molecular formula is C16H20N2O8S. The van der Waals surface area contributed by atoms with Crippen molar-refractivity contribution in [1.29, 1.82) is 0 Å². The van der Waals surface area contributed by atoms with Crippen molar-refractivity contribution in [3.63, 3.8) is 0 Å². The van der Waals surface area contributed by atoms with Gasteiger partial charge in [-0.15, -0.1) is 0 Å². The van der Waals surface area contributed by atoms with Gasteiger partial charge in [-0.1, -0.05) is 0 Å². The van der Waals surface area contributed by atoms with Crippen LogP contribution in [0.15, 0.2) is 29.2 Å². The fraction of sp³-hybridized carbons (Fsp3) is 0.500. The quantitative estimate of drug-likeness (QED) is 0.543. The highest BCUT2D eigenvalue weighted by molar-refractivity contribution is 7.92. The molecule has 1 unspecified atom stereocenters. The molecule has 1 aromatic carbocycles. The van der Waals surface area contributed by atoms with Gasteiger partial charge < -0.3 is 24.6 Å². The fourth-order valence-corrected chi connectivity index (χ4v) is 4.40. The molecule has 1 amide bonds. The number of aliphatic hydroxyl groups is 1. The average molecular weight is 400 g/mol. The van der Waals surface area contributed by atoms with E-state index < -0.39 is 39.3 Å². The van der Waals surface area contributed by atoms with E-state index in [4.69, 9.17) is 14.6 Å². The Morgan fingerprint density at radius 1 is 1.26 bits per heavy atom. The van der Waals surface area contributed by atoms with Crippen molar-refractivity contribution >= 4 is 27.4 Å². The highest BCUT2D eigenvalue weighted by atomic mass is 32.2. The van der Waals surface area contributed by atoms with E-state index in [0.29, 0.717) is 18.8 Å². The van der Waals surface area contributed by atoms with E-state index in [-0.39, 0.29) is 24.7 Å². The molecule has 2 aliphatic heterocycles. The van der Waals surface area contributed by atoms with E-state index in [0.717, 1.165) is 0 Å². The van der Waals surface area contributed by atoms with Crippen LogP contribution in [0, 0.1) is 0 Å². The van der Waals surface area contributed by atoms with Gasteiger partial charge in [0.05, 0.1) is 24.7 Å². The van der Waals surface area contributed by atoms with Crippen LogP contribution in [0.5, 0.6) is 0 Å². The third-order valence-electron chi connectivity index (χ3n) is 4.40. The lowest BCUT2D eigenvalue weighted by atomic mass is 10.1. The number of carboxylic acid groups (broad SMARTS) is 1. The molecule has 3 rings (SSSR count). The molecule has 0 saturated carbocycles. The number of sulfone groups is 1. The number of aliphatic hydroxyl groups excluding tert-OH is 1. The number of carboxylic acids is 1. The summed E-state index contributed by atoms with van der Waals surface area (Å²) in [5.74, 6) is -2.26. The van der Waals surface area contributed by atoms with Crippen molar-refractivity contribution in [3.8, 4) is 0 Å². The van der Waals surface area contributed by atoms with Crippen LogP contribution in [0.4, 0.5) is 5.69 Å². The second-order valence-corrected chi connectivity index (χ2v) is 8.25. The average Bonchev–Trinajstić information content (AvgIpc) is 2.68. The van der Waals surface area contributed by atoms with Crippen LogP contribution in [-0.4, -0.2) is 81.0 Å². The highest BCUT2D eigenvalue weighted by Gasteiger charge is 2.39. The van der Waals surface area contributed by atoms with E-state index in [1.807, 2.05) is 0 Å². The molecule has 0 spiro atoms. The van der Waals surface area contributed by atoms with E-state index in [1.165, 1.54) is 29.2 Å². The normalized spacial score (nSPS) is 25.2. The summed E-state index contributed by atoms with van der Waals surface area (Å²) in [5, 5.41) is 20.5. The Bertz CT molecular complexity index is 804. The molecule has 0 bridgehead atoms. The monoisotopic (exact) mass is 400 g/mol. The van der Waals surface area contributed by atoms with E-state index >= 15 is 0 Å². The van der Waals surface area contributed by atoms with Gasteiger partial charge in [0.25, 0.3) is 5.91 Å². The molecule has 3 atom stereocenters. The van der Waals surface area contributed by atoms with Crippen LogP contribution in [0.3, 0.4) is 0 Å². The summed E-state index contributed by atoms with van der Waals surface area (Å²) in [6.07, 6.45) is -3.49. The van der Waals surface area contributed by atoms with Crippen LogP contribution >= 0.6 is 0 Å².